The van der Waals surface area contributed by atoms with Gasteiger partial charge >= 0.3 is 11.7 Å². The Hall–Kier alpha value is -3.68. The molecule has 1 unspecified atom stereocenters. The number of hydrogen-bond donors (Lipinski definition) is 1. The van der Waals surface area contributed by atoms with E-state index >= 15 is 0 Å². The molecule has 32 heavy (non-hydrogen) atoms. The maximum Gasteiger partial charge on any atom is 0.437 e. The van der Waals surface area contributed by atoms with E-state index in [0.717, 1.165) is 23.1 Å². The van der Waals surface area contributed by atoms with Crippen LogP contribution in [0, 0.1) is 0 Å². The van der Waals surface area contributed by atoms with E-state index in [1.165, 1.54) is 24.0 Å². The van der Waals surface area contributed by atoms with Gasteiger partial charge in [-0.15, -0.1) is 5.10 Å². The average Bonchev–Trinajstić information content (AvgIpc) is 3.18. The standard InChI is InChI=1S/C24H25N3O5/c1-16(19-12-11-17-7-5-6-10-20(17)13-19)25-21(28)15-31-22(29)14-27-24(30)32-23(26-27)18-8-3-2-4-9-18/h2-4,8-9,11-13,16H,5-7,10,14-15H2,1H3,(H,25,28). The zero-order valence-electron chi connectivity index (χ0n) is 17.9. The SMILES string of the molecule is CC(NC(=O)COC(=O)Cn1nc(-c2ccccc2)oc1=O)c1ccc2c(c1)CCCC2. The molecule has 0 radical (unpaired) electrons. The molecule has 0 saturated heterocycles. The van der Waals surface area contributed by atoms with Crippen LogP contribution in [0.15, 0.2) is 57.7 Å². The zero-order chi connectivity index (χ0) is 22.5. The van der Waals surface area contributed by atoms with Crippen LogP contribution in [0.1, 0.15) is 42.5 Å². The van der Waals surface area contributed by atoms with Crippen molar-refractivity contribution in [1.29, 1.82) is 0 Å². The normalized spacial score (nSPS) is 13.8. The molecule has 1 aromatic heterocycles. The number of aryl methyl sites for hydroxylation is 2. The minimum absolute atomic E-state index is 0.111. The number of fused-ring (bicyclic) bond motifs is 1. The first-order chi connectivity index (χ1) is 15.5. The van der Waals surface area contributed by atoms with Crippen molar-refractivity contribution in [3.63, 3.8) is 0 Å². The number of aromatic nitrogens is 2. The third kappa shape index (κ3) is 5.14. The maximum atomic E-state index is 12.2. The molecule has 1 aliphatic carbocycles. The van der Waals surface area contributed by atoms with Crippen molar-refractivity contribution in [3.05, 3.63) is 75.8 Å². The van der Waals surface area contributed by atoms with Crippen molar-refractivity contribution < 1.29 is 18.7 Å². The lowest BCUT2D eigenvalue weighted by molar-refractivity contribution is -0.149. The summed E-state index contributed by atoms with van der Waals surface area (Å²) in [4.78, 5) is 36.3. The summed E-state index contributed by atoms with van der Waals surface area (Å²) in [6.45, 7) is 1.01. The van der Waals surface area contributed by atoms with Crippen molar-refractivity contribution in [2.45, 2.75) is 45.2 Å². The number of rotatable bonds is 7. The van der Waals surface area contributed by atoms with Crippen LogP contribution in [-0.2, 0) is 33.7 Å². The number of benzene rings is 2. The van der Waals surface area contributed by atoms with E-state index in [9.17, 15) is 14.4 Å². The van der Waals surface area contributed by atoms with Crippen LogP contribution in [0.3, 0.4) is 0 Å². The lowest BCUT2D eigenvalue weighted by Gasteiger charge is -2.20. The van der Waals surface area contributed by atoms with Gasteiger partial charge in [-0.2, -0.15) is 4.68 Å². The van der Waals surface area contributed by atoms with Gasteiger partial charge in [-0.1, -0.05) is 36.4 Å². The Balaban J connectivity index is 1.28. The molecule has 0 bridgehead atoms. The number of nitrogens with one attached hydrogen (secondary N) is 1. The fraction of sp³-hybridized carbons (Fsp3) is 0.333. The first-order valence-corrected chi connectivity index (χ1v) is 10.7. The Labute approximate surface area is 185 Å². The molecule has 1 heterocycles. The summed E-state index contributed by atoms with van der Waals surface area (Å²) >= 11 is 0. The van der Waals surface area contributed by atoms with Crippen LogP contribution in [-0.4, -0.2) is 28.3 Å². The predicted octanol–water partition coefficient (Wildman–Crippen LogP) is 2.80. The van der Waals surface area contributed by atoms with Gasteiger partial charge in [0.2, 0.25) is 5.89 Å². The second-order valence-electron chi connectivity index (χ2n) is 7.88. The number of esters is 1. The van der Waals surface area contributed by atoms with Crippen LogP contribution in [0.4, 0.5) is 0 Å². The molecular formula is C24H25N3O5. The summed E-state index contributed by atoms with van der Waals surface area (Å²) in [6, 6.07) is 15.0. The van der Waals surface area contributed by atoms with E-state index in [4.69, 9.17) is 9.15 Å². The summed E-state index contributed by atoms with van der Waals surface area (Å²) in [6.07, 6.45) is 4.58. The van der Waals surface area contributed by atoms with Crippen molar-refractivity contribution in [2.75, 3.05) is 6.61 Å². The highest BCUT2D eigenvalue weighted by Crippen LogP contribution is 2.24. The molecular weight excluding hydrogens is 410 g/mol. The minimum Gasteiger partial charge on any atom is -0.454 e. The molecule has 0 saturated carbocycles. The fourth-order valence-corrected chi connectivity index (χ4v) is 3.81. The Bertz CT molecular complexity index is 1170. The Morgan fingerprint density at radius 2 is 1.88 bits per heavy atom. The smallest absolute Gasteiger partial charge is 0.437 e. The van der Waals surface area contributed by atoms with E-state index in [-0.39, 0.29) is 11.9 Å². The van der Waals surface area contributed by atoms with Crippen molar-refractivity contribution in [1.82, 2.24) is 15.1 Å². The van der Waals surface area contributed by atoms with Gasteiger partial charge in [-0.3, -0.25) is 9.59 Å². The number of carbonyl (C=O) groups excluding carboxylic acids is 2. The highest BCUT2D eigenvalue weighted by Gasteiger charge is 2.17. The summed E-state index contributed by atoms with van der Waals surface area (Å²) < 4.78 is 11.0. The molecule has 8 heteroatoms. The Morgan fingerprint density at radius 3 is 2.66 bits per heavy atom. The molecule has 8 nitrogen and oxygen atoms in total. The second kappa shape index (κ2) is 9.64. The molecule has 1 N–H and O–H groups in total. The average molecular weight is 435 g/mol. The van der Waals surface area contributed by atoms with Gasteiger partial charge in [0.1, 0.15) is 6.54 Å². The molecule has 3 aromatic rings. The van der Waals surface area contributed by atoms with Crippen LogP contribution in [0.2, 0.25) is 0 Å². The molecule has 0 aliphatic heterocycles. The minimum atomic E-state index is -0.772. The van der Waals surface area contributed by atoms with Gasteiger partial charge in [0.25, 0.3) is 5.91 Å². The van der Waals surface area contributed by atoms with Crippen LogP contribution in [0.5, 0.6) is 0 Å². The van der Waals surface area contributed by atoms with Crippen molar-refractivity contribution in [3.8, 4) is 11.5 Å². The maximum absolute atomic E-state index is 12.2. The molecule has 2 aromatic carbocycles. The van der Waals surface area contributed by atoms with Gasteiger partial charge in [-0.25, -0.2) is 4.79 Å². The van der Waals surface area contributed by atoms with Crippen LogP contribution < -0.4 is 11.1 Å². The summed E-state index contributed by atoms with van der Waals surface area (Å²) in [5.41, 5.74) is 4.36. The summed E-state index contributed by atoms with van der Waals surface area (Å²) in [5, 5.41) is 6.85. The third-order valence-electron chi connectivity index (χ3n) is 5.52. The molecule has 1 amide bonds. The molecule has 1 atom stereocenters. The van der Waals surface area contributed by atoms with E-state index in [2.05, 4.69) is 22.5 Å². The highest BCUT2D eigenvalue weighted by atomic mass is 16.5. The van der Waals surface area contributed by atoms with Crippen LogP contribution >= 0.6 is 0 Å². The third-order valence-corrected chi connectivity index (χ3v) is 5.52. The van der Waals surface area contributed by atoms with Gasteiger partial charge in [0.15, 0.2) is 6.61 Å². The van der Waals surface area contributed by atoms with E-state index in [0.29, 0.717) is 5.56 Å². The topological polar surface area (TPSA) is 103 Å². The largest absolute Gasteiger partial charge is 0.454 e. The van der Waals surface area contributed by atoms with Gasteiger partial charge in [0, 0.05) is 5.56 Å². The predicted molar refractivity (Wildman–Crippen MR) is 117 cm³/mol. The number of nitrogens with zero attached hydrogens (tertiary/aromatic N) is 2. The second-order valence-corrected chi connectivity index (χ2v) is 7.88. The van der Waals surface area contributed by atoms with Gasteiger partial charge < -0.3 is 14.5 Å². The number of amides is 1. The van der Waals surface area contributed by atoms with Crippen LogP contribution in [0.25, 0.3) is 11.5 Å². The highest BCUT2D eigenvalue weighted by molar-refractivity contribution is 5.80. The van der Waals surface area contributed by atoms with Gasteiger partial charge in [-0.05, 0) is 61.4 Å². The molecule has 1 aliphatic rings. The van der Waals surface area contributed by atoms with E-state index in [1.807, 2.05) is 19.1 Å². The quantitative estimate of drug-likeness (QED) is 0.573. The molecule has 4 rings (SSSR count). The molecule has 0 spiro atoms. The first-order valence-electron chi connectivity index (χ1n) is 10.7. The number of carbonyl (C=O) groups is 2. The lowest BCUT2D eigenvalue weighted by atomic mass is 9.89. The van der Waals surface area contributed by atoms with E-state index in [1.54, 1.807) is 24.3 Å². The first kappa shape index (κ1) is 21.5. The van der Waals surface area contributed by atoms with Crippen molar-refractivity contribution >= 4 is 11.9 Å². The summed E-state index contributed by atoms with van der Waals surface area (Å²) in [7, 11) is 0. The summed E-state index contributed by atoms with van der Waals surface area (Å²) in [5.74, 6) is -1.83. The number of ether oxygens (including phenoxy) is 1. The lowest BCUT2D eigenvalue weighted by Crippen LogP contribution is -2.32. The zero-order valence-corrected chi connectivity index (χ0v) is 17.9. The van der Waals surface area contributed by atoms with Crippen molar-refractivity contribution in [2.24, 2.45) is 0 Å². The monoisotopic (exact) mass is 435 g/mol. The fourth-order valence-electron chi connectivity index (χ4n) is 3.81. The number of hydrogen-bond acceptors (Lipinski definition) is 6. The van der Waals surface area contributed by atoms with Gasteiger partial charge in [0.05, 0.1) is 6.04 Å². The Kier molecular flexibility index (Phi) is 6.49. The van der Waals surface area contributed by atoms with E-state index < -0.39 is 30.8 Å². The molecule has 166 valence electrons. The molecule has 0 fully saturated rings. The Morgan fingerprint density at radius 1 is 1.12 bits per heavy atom.